The largest absolute Gasteiger partial charge is 0.378 e. The molecule has 1 aromatic carbocycles. The minimum atomic E-state index is -0.186. The number of nitrogens with one attached hydrogen (secondary N) is 2. The van der Waals surface area contributed by atoms with Gasteiger partial charge in [-0.2, -0.15) is 0 Å². The third-order valence-electron chi connectivity index (χ3n) is 5.04. The van der Waals surface area contributed by atoms with Crippen LogP contribution >= 0.6 is 24.0 Å². The van der Waals surface area contributed by atoms with Gasteiger partial charge in [-0.3, -0.25) is 9.89 Å². The number of hydrogen-bond acceptors (Lipinski definition) is 4. The average molecular weight is 521 g/mol. The Bertz CT molecular complexity index is 627. The van der Waals surface area contributed by atoms with E-state index in [0.29, 0.717) is 37.5 Å². The molecule has 1 aliphatic heterocycles. The van der Waals surface area contributed by atoms with Crippen molar-refractivity contribution < 1.29 is 9.13 Å². The van der Waals surface area contributed by atoms with Crippen LogP contribution in [-0.4, -0.2) is 69.4 Å². The number of hydrogen-bond donors (Lipinski definition) is 2. The first-order chi connectivity index (χ1) is 13.4. The molecule has 0 amide bonds. The average Bonchev–Trinajstić information content (AvgIpc) is 2.67. The third-order valence-corrected chi connectivity index (χ3v) is 5.04. The zero-order valence-electron chi connectivity index (χ0n) is 18.4. The van der Waals surface area contributed by atoms with Crippen LogP contribution in [0.2, 0.25) is 0 Å². The van der Waals surface area contributed by atoms with Gasteiger partial charge in [-0.15, -0.1) is 24.0 Å². The van der Waals surface area contributed by atoms with Crippen LogP contribution in [0.1, 0.15) is 33.3 Å². The van der Waals surface area contributed by atoms with Crippen LogP contribution in [0, 0.1) is 5.82 Å². The number of ether oxygens (including phenoxy) is 1. The lowest BCUT2D eigenvalue weighted by Crippen LogP contribution is -2.45. The molecule has 1 aromatic rings. The highest BCUT2D eigenvalue weighted by molar-refractivity contribution is 14.0. The van der Waals surface area contributed by atoms with E-state index in [1.807, 2.05) is 17.0 Å². The Kier molecular flexibility index (Phi) is 11.8. The monoisotopic (exact) mass is 521 g/mol. The van der Waals surface area contributed by atoms with E-state index in [9.17, 15) is 4.39 Å². The zero-order valence-corrected chi connectivity index (χ0v) is 20.7. The fraction of sp³-hybridized carbons (Fsp3) is 0.667. The Morgan fingerprint density at radius 3 is 2.38 bits per heavy atom. The summed E-state index contributed by atoms with van der Waals surface area (Å²) in [6.07, 6.45) is 0. The lowest BCUT2D eigenvalue weighted by Gasteiger charge is -2.30. The Balaban J connectivity index is 0.00000420. The SMILES string of the molecule is CN=C(NCCN(C(C)C)C(C)C)NCc1ccc(N2CCOCC2)c(F)c1.I. The van der Waals surface area contributed by atoms with E-state index in [1.54, 1.807) is 13.1 Å². The quantitative estimate of drug-likeness (QED) is 0.313. The molecule has 0 unspecified atom stereocenters. The molecule has 0 radical (unpaired) electrons. The molecule has 0 aromatic heterocycles. The number of benzene rings is 1. The van der Waals surface area contributed by atoms with Crippen LogP contribution in [0.5, 0.6) is 0 Å². The Labute approximate surface area is 192 Å². The van der Waals surface area contributed by atoms with Gasteiger partial charge in [-0.05, 0) is 45.4 Å². The molecule has 0 bridgehead atoms. The van der Waals surface area contributed by atoms with Gasteiger partial charge in [0.05, 0.1) is 18.9 Å². The first-order valence-electron chi connectivity index (χ1n) is 10.2. The first-order valence-corrected chi connectivity index (χ1v) is 10.2. The highest BCUT2D eigenvalue weighted by Crippen LogP contribution is 2.21. The molecule has 2 N–H and O–H groups in total. The molecule has 1 aliphatic rings. The van der Waals surface area contributed by atoms with Gasteiger partial charge in [0.1, 0.15) is 5.82 Å². The third kappa shape index (κ3) is 8.25. The molecule has 1 heterocycles. The van der Waals surface area contributed by atoms with E-state index in [-0.39, 0.29) is 29.8 Å². The fourth-order valence-electron chi connectivity index (χ4n) is 3.54. The van der Waals surface area contributed by atoms with Gasteiger partial charge in [0.2, 0.25) is 0 Å². The summed E-state index contributed by atoms with van der Waals surface area (Å²) >= 11 is 0. The van der Waals surface area contributed by atoms with E-state index in [0.717, 1.165) is 37.7 Å². The van der Waals surface area contributed by atoms with Crippen LogP contribution in [0.4, 0.5) is 10.1 Å². The summed E-state index contributed by atoms with van der Waals surface area (Å²) in [6, 6.07) is 6.43. The standard InChI is InChI=1S/C21H36FN5O.HI/c1-16(2)27(17(3)4)9-8-24-21(23-5)25-15-18-6-7-20(19(22)14-18)26-10-12-28-13-11-26;/h6-7,14,16-17H,8-13,15H2,1-5H3,(H2,23,24,25);1H. The molecule has 29 heavy (non-hydrogen) atoms. The smallest absolute Gasteiger partial charge is 0.191 e. The highest BCUT2D eigenvalue weighted by Gasteiger charge is 2.15. The van der Waals surface area contributed by atoms with E-state index in [4.69, 9.17) is 4.74 Å². The minimum absolute atomic E-state index is 0. The van der Waals surface area contributed by atoms with Crippen molar-refractivity contribution in [3.05, 3.63) is 29.6 Å². The number of guanidine groups is 1. The number of nitrogens with zero attached hydrogens (tertiary/aromatic N) is 3. The lowest BCUT2D eigenvalue weighted by atomic mass is 10.1. The van der Waals surface area contributed by atoms with Crippen LogP contribution < -0.4 is 15.5 Å². The molecule has 6 nitrogen and oxygen atoms in total. The summed E-state index contributed by atoms with van der Waals surface area (Å²) in [5.41, 5.74) is 1.54. The van der Waals surface area contributed by atoms with Crippen molar-refractivity contribution in [1.29, 1.82) is 0 Å². The summed E-state index contributed by atoms with van der Waals surface area (Å²) in [5, 5.41) is 6.60. The second-order valence-corrected chi connectivity index (χ2v) is 7.66. The summed E-state index contributed by atoms with van der Waals surface area (Å²) in [6.45, 7) is 13.9. The van der Waals surface area contributed by atoms with Gasteiger partial charge in [-0.1, -0.05) is 6.07 Å². The molecule has 0 spiro atoms. The maximum Gasteiger partial charge on any atom is 0.191 e. The predicted molar refractivity (Wildman–Crippen MR) is 130 cm³/mol. The van der Waals surface area contributed by atoms with Crippen molar-refractivity contribution in [1.82, 2.24) is 15.5 Å². The molecule has 1 fully saturated rings. The zero-order chi connectivity index (χ0) is 20.5. The van der Waals surface area contributed by atoms with E-state index in [2.05, 4.69) is 48.2 Å². The van der Waals surface area contributed by atoms with Gasteiger partial charge in [0.25, 0.3) is 0 Å². The molecular formula is C21H37FIN5O. The van der Waals surface area contributed by atoms with Gasteiger partial charge in [-0.25, -0.2) is 4.39 Å². The fourth-order valence-corrected chi connectivity index (χ4v) is 3.54. The van der Waals surface area contributed by atoms with Crippen LogP contribution in [-0.2, 0) is 11.3 Å². The first kappa shape index (κ1) is 25.9. The molecule has 8 heteroatoms. The number of aliphatic imine (C=N–C) groups is 1. The van der Waals surface area contributed by atoms with Gasteiger partial charge in [0, 0.05) is 51.9 Å². The molecule has 1 saturated heterocycles. The van der Waals surface area contributed by atoms with Crippen molar-refractivity contribution in [2.75, 3.05) is 51.3 Å². The number of morpholine rings is 1. The Morgan fingerprint density at radius 1 is 1.17 bits per heavy atom. The summed E-state index contributed by atoms with van der Waals surface area (Å²) in [5.74, 6) is 0.541. The summed E-state index contributed by atoms with van der Waals surface area (Å²) in [4.78, 5) is 8.73. The lowest BCUT2D eigenvalue weighted by molar-refractivity contribution is 0.122. The van der Waals surface area contributed by atoms with Crippen molar-refractivity contribution in [3.63, 3.8) is 0 Å². The molecule has 0 saturated carbocycles. The summed E-state index contributed by atoms with van der Waals surface area (Å²) < 4.78 is 19.9. The predicted octanol–water partition coefficient (Wildman–Crippen LogP) is 3.06. The minimum Gasteiger partial charge on any atom is -0.378 e. The second-order valence-electron chi connectivity index (χ2n) is 7.66. The molecule has 2 rings (SSSR count). The van der Waals surface area contributed by atoms with Crippen molar-refractivity contribution in [2.24, 2.45) is 4.99 Å². The normalized spacial score (nSPS) is 15.1. The van der Waals surface area contributed by atoms with Crippen molar-refractivity contribution in [3.8, 4) is 0 Å². The van der Waals surface area contributed by atoms with E-state index >= 15 is 0 Å². The van der Waals surface area contributed by atoms with E-state index < -0.39 is 0 Å². The highest BCUT2D eigenvalue weighted by atomic mass is 127. The van der Waals surface area contributed by atoms with Crippen LogP contribution in [0.3, 0.4) is 0 Å². The Hall–Kier alpha value is -1.13. The molecule has 0 atom stereocenters. The maximum atomic E-state index is 14.5. The second kappa shape index (κ2) is 13.2. The number of halogens is 2. The topological polar surface area (TPSA) is 52.1 Å². The van der Waals surface area contributed by atoms with Gasteiger partial charge in [0.15, 0.2) is 5.96 Å². The number of rotatable bonds is 8. The number of anilines is 1. The summed E-state index contributed by atoms with van der Waals surface area (Å²) in [7, 11) is 1.75. The van der Waals surface area contributed by atoms with Crippen LogP contribution in [0.25, 0.3) is 0 Å². The van der Waals surface area contributed by atoms with Crippen molar-refractivity contribution >= 4 is 35.6 Å². The maximum absolute atomic E-state index is 14.5. The van der Waals surface area contributed by atoms with Gasteiger partial charge >= 0.3 is 0 Å². The Morgan fingerprint density at radius 2 is 1.83 bits per heavy atom. The van der Waals surface area contributed by atoms with Gasteiger partial charge < -0.3 is 20.3 Å². The molecular weight excluding hydrogens is 484 g/mol. The van der Waals surface area contributed by atoms with Crippen molar-refractivity contribution in [2.45, 2.75) is 46.3 Å². The van der Waals surface area contributed by atoms with E-state index in [1.165, 1.54) is 0 Å². The van der Waals surface area contributed by atoms with Crippen LogP contribution in [0.15, 0.2) is 23.2 Å². The molecule has 166 valence electrons. The molecule has 0 aliphatic carbocycles.